The molecule has 2 N–H and O–H groups in total. The Labute approximate surface area is 168 Å². The molecule has 1 aromatic carbocycles. The highest BCUT2D eigenvalue weighted by Gasteiger charge is 2.18. The molecular weight excluding hydrogens is 369 g/mol. The van der Waals surface area contributed by atoms with Crippen LogP contribution in [0.2, 0.25) is 0 Å². The number of benzene rings is 1. The summed E-state index contributed by atoms with van der Waals surface area (Å²) in [5.74, 6) is 0.986. The molecule has 0 radical (unpaired) electrons. The van der Waals surface area contributed by atoms with E-state index in [1.54, 1.807) is 13.1 Å². The van der Waals surface area contributed by atoms with E-state index in [9.17, 15) is 4.39 Å². The van der Waals surface area contributed by atoms with Crippen LogP contribution in [0.5, 0.6) is 0 Å². The molecule has 0 aliphatic carbocycles. The molecule has 0 fully saturated rings. The summed E-state index contributed by atoms with van der Waals surface area (Å²) >= 11 is 0. The van der Waals surface area contributed by atoms with Crippen molar-refractivity contribution in [2.75, 3.05) is 19.8 Å². The third-order valence-electron chi connectivity index (χ3n) is 4.56. The second-order valence-electron chi connectivity index (χ2n) is 7.30. The van der Waals surface area contributed by atoms with E-state index in [1.165, 1.54) is 11.6 Å². The standard InChI is InChI=1S/C21H22FN7/c1-13-25-19(23)18-21(26-13)29(20(27-18)16-8-17(22)10-24-9-16)12-15-6-4-14(5-7-15)11-28(2)3/h4-10H,11-12H2,1-3H3,(H2,23,25,26). The van der Waals surface area contributed by atoms with Gasteiger partial charge in [0, 0.05) is 18.3 Å². The van der Waals surface area contributed by atoms with E-state index in [0.29, 0.717) is 40.7 Å². The number of rotatable bonds is 5. The molecule has 0 saturated heterocycles. The van der Waals surface area contributed by atoms with Crippen molar-refractivity contribution in [3.8, 4) is 11.4 Å². The Bertz CT molecular complexity index is 1170. The number of hydrogen-bond acceptors (Lipinski definition) is 6. The number of nitrogens with two attached hydrogens (primary N) is 1. The van der Waals surface area contributed by atoms with E-state index in [4.69, 9.17) is 5.73 Å². The number of nitrogens with zero attached hydrogens (tertiary/aromatic N) is 6. The first-order valence-corrected chi connectivity index (χ1v) is 9.24. The highest BCUT2D eigenvalue weighted by atomic mass is 19.1. The van der Waals surface area contributed by atoms with Gasteiger partial charge < -0.3 is 15.2 Å². The van der Waals surface area contributed by atoms with Gasteiger partial charge in [-0.05, 0) is 38.2 Å². The van der Waals surface area contributed by atoms with E-state index < -0.39 is 5.82 Å². The lowest BCUT2D eigenvalue weighted by molar-refractivity contribution is 0.402. The first-order valence-electron chi connectivity index (χ1n) is 9.24. The summed E-state index contributed by atoms with van der Waals surface area (Å²) in [5.41, 5.74) is 10.1. The summed E-state index contributed by atoms with van der Waals surface area (Å²) in [6, 6.07) is 9.77. The molecule has 4 aromatic rings. The molecule has 0 atom stereocenters. The normalized spacial score (nSPS) is 11.5. The van der Waals surface area contributed by atoms with Crippen molar-refractivity contribution < 1.29 is 4.39 Å². The quantitative estimate of drug-likeness (QED) is 0.563. The molecule has 0 unspecified atom stereocenters. The van der Waals surface area contributed by atoms with Crippen LogP contribution in [-0.4, -0.2) is 43.5 Å². The van der Waals surface area contributed by atoms with Crippen LogP contribution in [0.4, 0.5) is 10.2 Å². The minimum absolute atomic E-state index is 0.304. The van der Waals surface area contributed by atoms with Gasteiger partial charge in [0.25, 0.3) is 0 Å². The second-order valence-corrected chi connectivity index (χ2v) is 7.30. The lowest BCUT2D eigenvalue weighted by Crippen LogP contribution is -2.10. The van der Waals surface area contributed by atoms with Gasteiger partial charge in [-0.3, -0.25) is 4.98 Å². The van der Waals surface area contributed by atoms with Gasteiger partial charge in [-0.2, -0.15) is 0 Å². The van der Waals surface area contributed by atoms with Gasteiger partial charge in [0.15, 0.2) is 17.0 Å². The average Bonchev–Trinajstić information content (AvgIpc) is 3.02. The Balaban J connectivity index is 1.82. The highest BCUT2D eigenvalue weighted by molar-refractivity contribution is 5.85. The fourth-order valence-corrected chi connectivity index (χ4v) is 3.34. The van der Waals surface area contributed by atoms with E-state index in [2.05, 4.69) is 49.1 Å². The van der Waals surface area contributed by atoms with Crippen molar-refractivity contribution in [2.45, 2.75) is 20.0 Å². The summed E-state index contributed by atoms with van der Waals surface area (Å²) in [6.07, 6.45) is 2.75. The van der Waals surface area contributed by atoms with Crippen molar-refractivity contribution in [1.29, 1.82) is 0 Å². The summed E-state index contributed by atoms with van der Waals surface area (Å²) in [6.45, 7) is 3.17. The maximum absolute atomic E-state index is 13.8. The molecule has 29 heavy (non-hydrogen) atoms. The minimum Gasteiger partial charge on any atom is -0.382 e. The number of halogens is 1. The summed E-state index contributed by atoms with van der Waals surface area (Å²) in [5, 5.41) is 0. The number of pyridine rings is 1. The predicted molar refractivity (Wildman–Crippen MR) is 111 cm³/mol. The van der Waals surface area contributed by atoms with Crippen molar-refractivity contribution >= 4 is 17.0 Å². The molecular formula is C21H22FN7. The van der Waals surface area contributed by atoms with Gasteiger partial charge >= 0.3 is 0 Å². The molecule has 4 rings (SSSR count). The highest BCUT2D eigenvalue weighted by Crippen LogP contribution is 2.27. The summed E-state index contributed by atoms with van der Waals surface area (Å²) in [7, 11) is 4.08. The van der Waals surface area contributed by atoms with Gasteiger partial charge in [-0.1, -0.05) is 24.3 Å². The molecule has 0 bridgehead atoms. The Morgan fingerprint density at radius 1 is 1.03 bits per heavy atom. The van der Waals surface area contributed by atoms with Crippen molar-refractivity contribution in [3.63, 3.8) is 0 Å². The molecule has 0 aliphatic rings. The monoisotopic (exact) mass is 391 g/mol. The van der Waals surface area contributed by atoms with E-state index in [1.807, 2.05) is 18.7 Å². The minimum atomic E-state index is -0.426. The van der Waals surface area contributed by atoms with Gasteiger partial charge in [-0.25, -0.2) is 19.3 Å². The van der Waals surface area contributed by atoms with E-state index in [-0.39, 0.29) is 0 Å². The zero-order chi connectivity index (χ0) is 20.5. The topological polar surface area (TPSA) is 85.8 Å². The molecule has 0 amide bonds. The van der Waals surface area contributed by atoms with Crippen molar-refractivity contribution in [2.24, 2.45) is 0 Å². The van der Waals surface area contributed by atoms with E-state index in [0.717, 1.165) is 18.3 Å². The first-order chi connectivity index (χ1) is 13.9. The van der Waals surface area contributed by atoms with Crippen LogP contribution in [0.3, 0.4) is 0 Å². The number of nitrogen functional groups attached to an aromatic ring is 1. The second kappa shape index (κ2) is 7.56. The smallest absolute Gasteiger partial charge is 0.166 e. The van der Waals surface area contributed by atoms with Crippen LogP contribution < -0.4 is 5.73 Å². The van der Waals surface area contributed by atoms with Gasteiger partial charge in [0.05, 0.1) is 12.7 Å². The maximum Gasteiger partial charge on any atom is 0.166 e. The van der Waals surface area contributed by atoms with Crippen LogP contribution in [0, 0.1) is 12.7 Å². The maximum atomic E-state index is 13.8. The van der Waals surface area contributed by atoms with Gasteiger partial charge in [-0.15, -0.1) is 0 Å². The van der Waals surface area contributed by atoms with Crippen LogP contribution in [-0.2, 0) is 13.1 Å². The number of hydrogen-bond donors (Lipinski definition) is 1. The predicted octanol–water partition coefficient (Wildman–Crippen LogP) is 3.03. The first kappa shape index (κ1) is 18.9. The van der Waals surface area contributed by atoms with Crippen LogP contribution in [0.25, 0.3) is 22.6 Å². The molecule has 0 aliphatic heterocycles. The van der Waals surface area contributed by atoms with Crippen LogP contribution in [0.15, 0.2) is 42.7 Å². The fourth-order valence-electron chi connectivity index (χ4n) is 3.34. The fraction of sp³-hybridized carbons (Fsp3) is 0.238. The third-order valence-corrected chi connectivity index (χ3v) is 4.56. The van der Waals surface area contributed by atoms with Crippen molar-refractivity contribution in [1.82, 2.24) is 29.4 Å². The molecule has 7 nitrogen and oxygen atoms in total. The lowest BCUT2D eigenvalue weighted by atomic mass is 10.1. The number of imidazole rings is 1. The Morgan fingerprint density at radius 3 is 2.45 bits per heavy atom. The third kappa shape index (κ3) is 3.93. The van der Waals surface area contributed by atoms with E-state index >= 15 is 0 Å². The molecule has 0 saturated carbocycles. The SMILES string of the molecule is Cc1nc(N)c2nc(-c3cncc(F)c3)n(Cc3ccc(CN(C)C)cc3)c2n1. The van der Waals surface area contributed by atoms with Gasteiger partial charge in [0.1, 0.15) is 17.5 Å². The summed E-state index contributed by atoms with van der Waals surface area (Å²) < 4.78 is 15.7. The number of fused-ring (bicyclic) bond motifs is 1. The van der Waals surface area contributed by atoms with Crippen molar-refractivity contribution in [3.05, 3.63) is 65.5 Å². The molecule has 8 heteroatoms. The zero-order valence-corrected chi connectivity index (χ0v) is 16.6. The molecule has 148 valence electrons. The average molecular weight is 391 g/mol. The lowest BCUT2D eigenvalue weighted by Gasteiger charge is -2.12. The summed E-state index contributed by atoms with van der Waals surface area (Å²) in [4.78, 5) is 19.5. The Kier molecular flexibility index (Phi) is 4.94. The molecule has 0 spiro atoms. The zero-order valence-electron chi connectivity index (χ0n) is 16.6. The number of anilines is 1. The van der Waals surface area contributed by atoms with Gasteiger partial charge in [0.2, 0.25) is 0 Å². The number of aryl methyl sites for hydroxylation is 1. The van der Waals surface area contributed by atoms with Crippen LogP contribution in [0.1, 0.15) is 17.0 Å². The van der Waals surface area contributed by atoms with Crippen LogP contribution >= 0.6 is 0 Å². The number of aromatic nitrogens is 5. The molecule has 3 heterocycles. The Hall–Kier alpha value is -3.39. The molecule has 3 aromatic heterocycles. The Morgan fingerprint density at radius 2 is 1.76 bits per heavy atom. The largest absolute Gasteiger partial charge is 0.382 e.